The van der Waals surface area contributed by atoms with Crippen molar-refractivity contribution < 1.29 is 19.0 Å². The van der Waals surface area contributed by atoms with Crippen molar-refractivity contribution in [1.82, 2.24) is 4.57 Å². The van der Waals surface area contributed by atoms with Crippen molar-refractivity contribution in [2.45, 2.75) is 52.7 Å². The lowest BCUT2D eigenvalue weighted by atomic mass is 9.90. The number of hydrogen-bond acceptors (Lipinski definition) is 7. The van der Waals surface area contributed by atoms with E-state index in [9.17, 15) is 9.59 Å². The summed E-state index contributed by atoms with van der Waals surface area (Å²) in [6, 6.07) is 15.0. The Morgan fingerprint density at radius 2 is 1.84 bits per heavy atom. The fraction of sp³-hybridized carbons (Fsp3) is 0.303. The van der Waals surface area contributed by atoms with Crippen LogP contribution in [0, 0.1) is 7.14 Å². The van der Waals surface area contributed by atoms with Gasteiger partial charge in [-0.15, -0.1) is 0 Å². The molecule has 1 aliphatic heterocycles. The zero-order chi connectivity index (χ0) is 30.8. The van der Waals surface area contributed by atoms with Crippen molar-refractivity contribution in [3.05, 3.63) is 97.8 Å². The number of ether oxygens (including phenoxy) is 3. The lowest BCUT2D eigenvalue weighted by Crippen LogP contribution is -2.40. The number of fused-ring (bicyclic) bond motifs is 2. The van der Waals surface area contributed by atoms with Gasteiger partial charge < -0.3 is 14.2 Å². The number of methoxy groups -OCH3 is 1. The van der Waals surface area contributed by atoms with Gasteiger partial charge in [-0.2, -0.15) is 0 Å². The van der Waals surface area contributed by atoms with Gasteiger partial charge >= 0.3 is 5.97 Å². The third kappa shape index (κ3) is 6.28. The predicted molar refractivity (Wildman–Crippen MR) is 188 cm³/mol. The zero-order valence-electron chi connectivity index (χ0n) is 24.6. The molecule has 0 amide bonds. The number of nitrogens with zero attached hydrogens (tertiary/aromatic N) is 2. The zero-order valence-corrected chi connectivity index (χ0v) is 29.7. The first-order valence-electron chi connectivity index (χ1n) is 14.1. The smallest absolute Gasteiger partial charge is 0.338 e. The molecule has 224 valence electrons. The van der Waals surface area contributed by atoms with Crippen molar-refractivity contribution >= 4 is 79.3 Å². The first-order valence-corrected chi connectivity index (χ1v) is 17.1. The summed E-state index contributed by atoms with van der Waals surface area (Å²) in [6.45, 7) is 8.03. The van der Waals surface area contributed by atoms with Crippen LogP contribution < -0.4 is 24.4 Å². The maximum atomic E-state index is 14.3. The quantitative estimate of drug-likeness (QED) is 0.138. The molecule has 0 saturated carbocycles. The van der Waals surface area contributed by atoms with E-state index in [1.54, 1.807) is 18.6 Å². The normalized spacial score (nSPS) is 15.1. The number of halogens is 2. The molecule has 0 aliphatic carbocycles. The molecule has 0 saturated heterocycles. The molecule has 0 bridgehead atoms. The van der Waals surface area contributed by atoms with Crippen molar-refractivity contribution in [3.8, 4) is 11.5 Å². The summed E-state index contributed by atoms with van der Waals surface area (Å²) in [5.41, 5.74) is 2.39. The SMILES string of the molecule is CCCC1=C(C(=O)OCC)[C@@H](c2c(OC)ccc3ccccc23)n2c(s/c(=C\c3cc(I)c(OC(C)C)c(I)c3)c2=O)=N1. The fourth-order valence-electron chi connectivity index (χ4n) is 5.29. The van der Waals surface area contributed by atoms with Crippen LogP contribution in [0.5, 0.6) is 11.5 Å². The number of rotatable bonds is 9. The summed E-state index contributed by atoms with van der Waals surface area (Å²) in [6.07, 6.45) is 3.28. The van der Waals surface area contributed by atoms with Crippen LogP contribution in [-0.4, -0.2) is 30.4 Å². The summed E-state index contributed by atoms with van der Waals surface area (Å²) in [5.74, 6) is 0.942. The van der Waals surface area contributed by atoms with Crippen molar-refractivity contribution in [2.24, 2.45) is 4.99 Å². The molecule has 0 radical (unpaired) electrons. The number of benzene rings is 3. The second kappa shape index (κ2) is 13.5. The average molecular weight is 823 g/mol. The molecule has 1 aromatic heterocycles. The van der Waals surface area contributed by atoms with Crippen LogP contribution in [0.1, 0.15) is 57.7 Å². The maximum absolute atomic E-state index is 14.3. The van der Waals surface area contributed by atoms with E-state index in [0.29, 0.717) is 32.8 Å². The molecule has 4 aromatic rings. The molecular formula is C33H32I2N2O5S. The van der Waals surface area contributed by atoms with Gasteiger partial charge in [0.2, 0.25) is 0 Å². The first kappa shape index (κ1) is 31.7. The molecule has 1 aliphatic rings. The highest BCUT2D eigenvalue weighted by Crippen LogP contribution is 2.41. The Bertz CT molecular complexity index is 1900. The van der Waals surface area contributed by atoms with E-state index in [1.807, 2.05) is 75.4 Å². The standard InChI is InChI=1S/C33H32I2N2O5S/c1-6-10-24-28(32(39)41-7-2)29(27-21-12-9-8-11-20(21)13-14-25(27)40-5)37-31(38)26(43-33(37)36-24)17-19-15-22(34)30(23(35)16-19)42-18(3)4/h8-9,11-18,29H,6-7,10H2,1-5H3/b26-17-/t29-/m1/s1. The fourth-order valence-corrected chi connectivity index (χ4v) is 8.38. The van der Waals surface area contributed by atoms with Crippen LogP contribution >= 0.6 is 56.5 Å². The highest BCUT2D eigenvalue weighted by molar-refractivity contribution is 14.1. The summed E-state index contributed by atoms with van der Waals surface area (Å²) >= 11 is 5.86. The lowest BCUT2D eigenvalue weighted by molar-refractivity contribution is -0.139. The minimum Gasteiger partial charge on any atom is -0.496 e. The molecule has 0 unspecified atom stereocenters. The van der Waals surface area contributed by atoms with Crippen LogP contribution in [0.4, 0.5) is 0 Å². The van der Waals surface area contributed by atoms with Gasteiger partial charge in [-0.3, -0.25) is 9.36 Å². The van der Waals surface area contributed by atoms with Crippen molar-refractivity contribution in [1.29, 1.82) is 0 Å². The van der Waals surface area contributed by atoms with Gasteiger partial charge in [-0.1, -0.05) is 55.0 Å². The molecule has 5 rings (SSSR count). The Morgan fingerprint density at radius 3 is 2.49 bits per heavy atom. The van der Waals surface area contributed by atoms with E-state index in [4.69, 9.17) is 19.2 Å². The van der Waals surface area contributed by atoms with E-state index < -0.39 is 12.0 Å². The van der Waals surface area contributed by atoms with Gasteiger partial charge in [0.15, 0.2) is 4.80 Å². The molecule has 3 aromatic carbocycles. The molecule has 2 heterocycles. The summed E-state index contributed by atoms with van der Waals surface area (Å²) in [4.78, 5) is 33.5. The summed E-state index contributed by atoms with van der Waals surface area (Å²) in [5, 5.41) is 1.87. The maximum Gasteiger partial charge on any atom is 0.338 e. The van der Waals surface area contributed by atoms with Crippen LogP contribution in [-0.2, 0) is 9.53 Å². The number of thiazole rings is 1. The molecule has 0 spiro atoms. The van der Waals surface area contributed by atoms with Gasteiger partial charge in [0.25, 0.3) is 5.56 Å². The lowest BCUT2D eigenvalue weighted by Gasteiger charge is -2.28. The number of carbonyl (C=O) groups is 1. The minimum atomic E-state index is -0.776. The van der Waals surface area contributed by atoms with Crippen LogP contribution in [0.15, 0.2) is 69.6 Å². The van der Waals surface area contributed by atoms with E-state index in [2.05, 4.69) is 45.2 Å². The molecule has 43 heavy (non-hydrogen) atoms. The Balaban J connectivity index is 1.82. The number of aromatic nitrogens is 1. The summed E-state index contributed by atoms with van der Waals surface area (Å²) < 4.78 is 21.6. The third-order valence-corrected chi connectivity index (χ3v) is 9.57. The van der Waals surface area contributed by atoms with E-state index in [1.165, 1.54) is 11.3 Å². The Morgan fingerprint density at radius 1 is 1.12 bits per heavy atom. The number of allylic oxidation sites excluding steroid dienone is 1. The average Bonchev–Trinajstić information content (AvgIpc) is 3.28. The van der Waals surface area contributed by atoms with Crippen molar-refractivity contribution in [2.75, 3.05) is 13.7 Å². The Kier molecular flexibility index (Phi) is 9.96. The van der Waals surface area contributed by atoms with E-state index in [-0.39, 0.29) is 18.3 Å². The molecule has 0 fully saturated rings. The van der Waals surface area contributed by atoms with Crippen LogP contribution in [0.2, 0.25) is 0 Å². The molecular weight excluding hydrogens is 790 g/mol. The predicted octanol–water partition coefficient (Wildman–Crippen LogP) is 6.74. The monoisotopic (exact) mass is 822 g/mol. The Hall–Kier alpha value is -2.71. The molecule has 7 nitrogen and oxygen atoms in total. The summed E-state index contributed by atoms with van der Waals surface area (Å²) in [7, 11) is 1.61. The van der Waals surface area contributed by atoms with Crippen LogP contribution in [0.25, 0.3) is 16.8 Å². The molecule has 10 heteroatoms. The highest BCUT2D eigenvalue weighted by atomic mass is 127. The van der Waals surface area contributed by atoms with Gasteiger partial charge in [0.1, 0.15) is 17.5 Å². The third-order valence-electron chi connectivity index (χ3n) is 6.99. The minimum absolute atomic E-state index is 0.0496. The topological polar surface area (TPSA) is 79.1 Å². The van der Waals surface area contributed by atoms with E-state index in [0.717, 1.165) is 41.2 Å². The molecule has 1 atom stereocenters. The Labute approximate surface area is 281 Å². The van der Waals surface area contributed by atoms with Gasteiger partial charge in [-0.25, -0.2) is 9.79 Å². The highest BCUT2D eigenvalue weighted by Gasteiger charge is 2.37. The largest absolute Gasteiger partial charge is 0.496 e. The van der Waals surface area contributed by atoms with Gasteiger partial charge in [0.05, 0.1) is 42.8 Å². The van der Waals surface area contributed by atoms with Crippen molar-refractivity contribution in [3.63, 3.8) is 0 Å². The van der Waals surface area contributed by atoms with E-state index >= 15 is 0 Å². The van der Waals surface area contributed by atoms with Crippen LogP contribution in [0.3, 0.4) is 0 Å². The molecule has 0 N–H and O–H groups in total. The van der Waals surface area contributed by atoms with Gasteiger partial charge in [0, 0.05) is 5.56 Å². The number of esters is 1. The van der Waals surface area contributed by atoms with Gasteiger partial charge in [-0.05, 0) is 113 Å². The first-order chi connectivity index (χ1) is 20.7. The number of carbonyl (C=O) groups excluding carboxylic acids is 1. The second-order valence-corrected chi connectivity index (χ2v) is 13.6. The second-order valence-electron chi connectivity index (χ2n) is 10.3. The number of hydrogen-bond donors (Lipinski definition) is 0.